The SMILES string of the molecule is CC(=O)O[C@]1(C(C)=O)CC[C@H]2[C@@H]3C=C(C)C4=C[C@@H](OC(=O)CCN5CCCCC5)CC[C@]4(C)[C@H]3CC[C@@]21C. The van der Waals surface area contributed by atoms with Gasteiger partial charge in [0.2, 0.25) is 0 Å². The van der Waals surface area contributed by atoms with Crippen LogP contribution in [0.3, 0.4) is 0 Å². The molecule has 1 saturated heterocycles. The molecule has 38 heavy (non-hydrogen) atoms. The van der Waals surface area contributed by atoms with E-state index in [1.54, 1.807) is 6.92 Å². The minimum absolute atomic E-state index is 0.0120. The van der Waals surface area contributed by atoms with Crippen LogP contribution in [0, 0.1) is 28.6 Å². The molecule has 3 fully saturated rings. The van der Waals surface area contributed by atoms with Crippen LogP contribution in [-0.4, -0.2) is 54.0 Å². The Morgan fingerprint density at radius 2 is 1.66 bits per heavy atom. The molecule has 0 bridgehead atoms. The van der Waals surface area contributed by atoms with E-state index in [1.807, 2.05) is 0 Å². The van der Waals surface area contributed by atoms with Crippen LogP contribution in [0.25, 0.3) is 0 Å². The molecule has 5 rings (SSSR count). The van der Waals surface area contributed by atoms with Gasteiger partial charge in [-0.2, -0.15) is 0 Å². The molecular formula is C32H47NO5. The van der Waals surface area contributed by atoms with E-state index in [9.17, 15) is 14.4 Å². The van der Waals surface area contributed by atoms with Crippen LogP contribution in [0.2, 0.25) is 0 Å². The lowest BCUT2D eigenvalue weighted by molar-refractivity contribution is -0.185. The van der Waals surface area contributed by atoms with E-state index in [0.29, 0.717) is 30.6 Å². The third-order valence-electron chi connectivity index (χ3n) is 11.3. The van der Waals surface area contributed by atoms with Gasteiger partial charge < -0.3 is 14.4 Å². The van der Waals surface area contributed by atoms with Crippen LogP contribution in [0.4, 0.5) is 0 Å². The molecule has 1 heterocycles. The zero-order valence-electron chi connectivity index (χ0n) is 24.1. The molecule has 2 saturated carbocycles. The number of esters is 2. The molecule has 4 aliphatic carbocycles. The van der Waals surface area contributed by atoms with Gasteiger partial charge in [-0.1, -0.05) is 31.9 Å². The van der Waals surface area contributed by atoms with Crippen molar-refractivity contribution in [3.05, 3.63) is 23.3 Å². The normalized spacial score (nSPS) is 40.7. The van der Waals surface area contributed by atoms with Crippen molar-refractivity contribution in [2.24, 2.45) is 28.6 Å². The van der Waals surface area contributed by atoms with Crippen molar-refractivity contribution < 1.29 is 23.9 Å². The first-order chi connectivity index (χ1) is 18.0. The summed E-state index contributed by atoms with van der Waals surface area (Å²) in [6, 6.07) is 0. The van der Waals surface area contributed by atoms with E-state index in [0.717, 1.165) is 51.7 Å². The van der Waals surface area contributed by atoms with E-state index in [-0.39, 0.29) is 34.7 Å². The third-order valence-corrected chi connectivity index (χ3v) is 11.3. The number of piperidine rings is 1. The standard InChI is InChI=1S/C32H47NO5/c1-21-19-25-26(10-14-31(5)27(25)11-15-32(31,22(2)34)38-23(3)35)30(4)13-9-24(20-28(21)30)37-29(36)12-18-33-16-7-6-8-17-33/h19-20,24-27H,6-18H2,1-5H3/t24-,25+,26-,27-,30+,31-,32-/m0/s1. The Labute approximate surface area is 228 Å². The van der Waals surface area contributed by atoms with Crippen LogP contribution in [0.15, 0.2) is 23.3 Å². The number of carbonyl (C=O) groups excluding carboxylic acids is 3. The van der Waals surface area contributed by atoms with Gasteiger partial charge in [-0.15, -0.1) is 0 Å². The van der Waals surface area contributed by atoms with Gasteiger partial charge in [-0.05, 0) is 113 Å². The van der Waals surface area contributed by atoms with E-state index >= 15 is 0 Å². The molecule has 0 unspecified atom stereocenters. The van der Waals surface area contributed by atoms with Crippen molar-refractivity contribution in [1.29, 1.82) is 0 Å². The Hall–Kier alpha value is -1.95. The number of carbonyl (C=O) groups is 3. The Balaban J connectivity index is 1.34. The summed E-state index contributed by atoms with van der Waals surface area (Å²) in [4.78, 5) is 40.2. The summed E-state index contributed by atoms with van der Waals surface area (Å²) in [5, 5.41) is 0. The highest BCUT2D eigenvalue weighted by atomic mass is 16.6. The van der Waals surface area contributed by atoms with Gasteiger partial charge in [-0.25, -0.2) is 0 Å². The van der Waals surface area contributed by atoms with E-state index in [1.165, 1.54) is 37.3 Å². The number of allylic oxidation sites excluding steroid dienone is 3. The van der Waals surface area contributed by atoms with Crippen molar-refractivity contribution in [3.8, 4) is 0 Å². The van der Waals surface area contributed by atoms with Crippen molar-refractivity contribution >= 4 is 17.7 Å². The fourth-order valence-corrected chi connectivity index (χ4v) is 9.37. The molecule has 0 aromatic heterocycles. The third kappa shape index (κ3) is 4.49. The van der Waals surface area contributed by atoms with Gasteiger partial charge in [0, 0.05) is 18.9 Å². The highest BCUT2D eigenvalue weighted by Crippen LogP contribution is 2.68. The van der Waals surface area contributed by atoms with Gasteiger partial charge >= 0.3 is 11.9 Å². The number of Topliss-reactive ketones (excluding diaryl/α,β-unsaturated/α-hetero) is 1. The molecule has 6 heteroatoms. The first-order valence-corrected chi connectivity index (χ1v) is 15.0. The zero-order valence-corrected chi connectivity index (χ0v) is 24.1. The molecule has 0 N–H and O–H groups in total. The highest BCUT2D eigenvalue weighted by Gasteiger charge is 2.67. The molecule has 1 aliphatic heterocycles. The second-order valence-corrected chi connectivity index (χ2v) is 13.3. The molecule has 210 valence electrons. The average Bonchev–Trinajstić information content (AvgIpc) is 3.17. The lowest BCUT2D eigenvalue weighted by Gasteiger charge is -2.58. The van der Waals surface area contributed by atoms with Crippen LogP contribution >= 0.6 is 0 Å². The largest absolute Gasteiger partial charge is 0.458 e. The number of ether oxygens (including phenoxy) is 2. The second kappa shape index (κ2) is 10.2. The number of hydrogen-bond acceptors (Lipinski definition) is 6. The Bertz CT molecular complexity index is 1040. The van der Waals surface area contributed by atoms with Crippen LogP contribution in [-0.2, 0) is 23.9 Å². The lowest BCUT2D eigenvalue weighted by Crippen LogP contribution is -2.58. The Morgan fingerprint density at radius 3 is 2.34 bits per heavy atom. The fraction of sp³-hybridized carbons (Fsp3) is 0.781. The molecule has 0 amide bonds. The number of likely N-dealkylation sites (tertiary alicyclic amines) is 1. The summed E-state index contributed by atoms with van der Waals surface area (Å²) < 4.78 is 11.9. The molecule has 0 radical (unpaired) electrons. The van der Waals surface area contributed by atoms with E-state index < -0.39 is 5.60 Å². The van der Waals surface area contributed by atoms with Crippen molar-refractivity contribution in [1.82, 2.24) is 4.90 Å². The molecule has 0 aromatic rings. The number of rotatable bonds is 6. The second-order valence-electron chi connectivity index (χ2n) is 13.3. The maximum Gasteiger partial charge on any atom is 0.307 e. The predicted molar refractivity (Wildman–Crippen MR) is 146 cm³/mol. The Kier molecular flexibility index (Phi) is 7.43. The maximum atomic E-state index is 13.0. The zero-order chi connectivity index (χ0) is 27.3. The number of nitrogens with zero attached hydrogens (tertiary/aromatic N) is 1. The average molecular weight is 526 g/mol. The summed E-state index contributed by atoms with van der Waals surface area (Å²) in [5.74, 6) is 0.690. The Morgan fingerprint density at radius 1 is 0.947 bits per heavy atom. The fourth-order valence-electron chi connectivity index (χ4n) is 9.37. The number of hydrogen-bond donors (Lipinski definition) is 0. The monoisotopic (exact) mass is 525 g/mol. The van der Waals surface area contributed by atoms with Gasteiger partial charge in [-0.3, -0.25) is 14.4 Å². The highest BCUT2D eigenvalue weighted by molar-refractivity contribution is 5.89. The van der Waals surface area contributed by atoms with E-state index in [2.05, 4.69) is 37.8 Å². The summed E-state index contributed by atoms with van der Waals surface area (Å²) in [5.41, 5.74) is 1.30. The van der Waals surface area contributed by atoms with Crippen molar-refractivity contribution in [3.63, 3.8) is 0 Å². The first kappa shape index (κ1) is 27.6. The van der Waals surface area contributed by atoms with Crippen LogP contribution < -0.4 is 0 Å². The summed E-state index contributed by atoms with van der Waals surface area (Å²) in [6.45, 7) is 12.8. The van der Waals surface area contributed by atoms with Gasteiger partial charge in [0.15, 0.2) is 11.4 Å². The van der Waals surface area contributed by atoms with Crippen LogP contribution in [0.1, 0.15) is 98.8 Å². The molecule has 5 aliphatic rings. The minimum Gasteiger partial charge on any atom is -0.458 e. The van der Waals surface area contributed by atoms with E-state index in [4.69, 9.17) is 9.47 Å². The summed E-state index contributed by atoms with van der Waals surface area (Å²) >= 11 is 0. The van der Waals surface area contributed by atoms with Crippen molar-refractivity contribution in [2.45, 2.75) is 111 Å². The molecule has 7 atom stereocenters. The summed E-state index contributed by atoms with van der Waals surface area (Å²) in [6.07, 6.45) is 14.0. The smallest absolute Gasteiger partial charge is 0.307 e. The number of fused-ring (bicyclic) bond motifs is 5. The topological polar surface area (TPSA) is 72.9 Å². The molecular weight excluding hydrogens is 478 g/mol. The summed E-state index contributed by atoms with van der Waals surface area (Å²) in [7, 11) is 0. The van der Waals surface area contributed by atoms with Gasteiger partial charge in [0.1, 0.15) is 6.10 Å². The maximum absolute atomic E-state index is 13.0. The van der Waals surface area contributed by atoms with Gasteiger partial charge in [0.25, 0.3) is 0 Å². The first-order valence-electron chi connectivity index (χ1n) is 15.0. The minimum atomic E-state index is -1.01. The lowest BCUT2D eigenvalue weighted by atomic mass is 9.47. The quantitative estimate of drug-likeness (QED) is 0.409. The predicted octanol–water partition coefficient (Wildman–Crippen LogP) is 5.79. The molecule has 6 nitrogen and oxygen atoms in total. The molecule has 0 spiro atoms. The van der Waals surface area contributed by atoms with Crippen LogP contribution in [0.5, 0.6) is 0 Å². The van der Waals surface area contributed by atoms with Gasteiger partial charge in [0.05, 0.1) is 6.42 Å². The molecule has 0 aromatic carbocycles. The number of ketones is 1. The van der Waals surface area contributed by atoms with Crippen molar-refractivity contribution in [2.75, 3.05) is 19.6 Å².